The van der Waals surface area contributed by atoms with Crippen LogP contribution in [0.4, 0.5) is 8.78 Å². The first-order valence-electron chi connectivity index (χ1n) is 12.3. The molecule has 0 radical (unpaired) electrons. The zero-order chi connectivity index (χ0) is 22.0. The van der Waals surface area contributed by atoms with Gasteiger partial charge in [0.25, 0.3) is 5.91 Å². The molecule has 0 saturated heterocycles. The minimum Gasteiger partial charge on any atom is -0.386 e. The highest BCUT2D eigenvalue weighted by atomic mass is 19.3. The molecule has 1 N–H and O–H groups in total. The first kappa shape index (κ1) is 28.3. The van der Waals surface area contributed by atoms with Crippen LogP contribution in [0.2, 0.25) is 0 Å². The topological polar surface area (TPSA) is 40.5 Å². The molecule has 1 atom stereocenters. The summed E-state index contributed by atoms with van der Waals surface area (Å²) in [7, 11) is 0. The van der Waals surface area contributed by atoms with Crippen molar-refractivity contribution in [2.45, 2.75) is 136 Å². The first-order valence-corrected chi connectivity index (χ1v) is 12.3. The molecule has 0 aromatic carbocycles. The van der Waals surface area contributed by atoms with Crippen molar-refractivity contribution in [2.75, 3.05) is 13.1 Å². The lowest BCUT2D eigenvalue weighted by Crippen LogP contribution is -2.50. The SMILES string of the molecule is CCCCCCCC(O)C(F)(F)C(=O)N(CCCCCCC)CCCCCCC. The summed E-state index contributed by atoms with van der Waals surface area (Å²) in [6, 6.07) is 0. The number of carbonyl (C=O) groups is 1. The second-order valence-corrected chi connectivity index (χ2v) is 8.46. The molecule has 0 rings (SSSR count). The van der Waals surface area contributed by atoms with Gasteiger partial charge in [-0.3, -0.25) is 4.79 Å². The van der Waals surface area contributed by atoms with Crippen LogP contribution in [-0.2, 0) is 4.79 Å². The van der Waals surface area contributed by atoms with Crippen LogP contribution >= 0.6 is 0 Å². The molecule has 0 saturated carbocycles. The molecule has 0 aliphatic rings. The van der Waals surface area contributed by atoms with Gasteiger partial charge in [0, 0.05) is 13.1 Å². The van der Waals surface area contributed by atoms with Crippen molar-refractivity contribution >= 4 is 5.91 Å². The molecule has 0 spiro atoms. The van der Waals surface area contributed by atoms with Gasteiger partial charge in [0.2, 0.25) is 0 Å². The molecule has 174 valence electrons. The Labute approximate surface area is 178 Å². The Morgan fingerprint density at radius 1 is 0.724 bits per heavy atom. The molecule has 0 aliphatic carbocycles. The van der Waals surface area contributed by atoms with Crippen LogP contribution in [0.15, 0.2) is 0 Å². The summed E-state index contributed by atoms with van der Waals surface area (Å²) in [5.74, 6) is -4.86. The molecule has 0 aromatic rings. The minimum atomic E-state index is -3.68. The Balaban J connectivity index is 4.65. The first-order chi connectivity index (χ1) is 13.9. The third-order valence-electron chi connectivity index (χ3n) is 5.64. The van der Waals surface area contributed by atoms with E-state index in [0.29, 0.717) is 19.5 Å². The lowest BCUT2D eigenvalue weighted by molar-refractivity contribution is -0.175. The van der Waals surface area contributed by atoms with Crippen LogP contribution in [0.1, 0.15) is 124 Å². The number of amides is 1. The molecular weight excluding hydrogens is 372 g/mol. The molecule has 0 heterocycles. The molecule has 1 amide bonds. The van der Waals surface area contributed by atoms with Crippen molar-refractivity contribution in [3.8, 4) is 0 Å². The Kier molecular flexibility index (Phi) is 17.6. The highest BCUT2D eigenvalue weighted by Gasteiger charge is 2.48. The lowest BCUT2D eigenvalue weighted by atomic mass is 10.0. The van der Waals surface area contributed by atoms with Crippen LogP contribution in [0.3, 0.4) is 0 Å². The monoisotopic (exact) mass is 419 g/mol. The van der Waals surface area contributed by atoms with Crippen molar-refractivity contribution in [3.63, 3.8) is 0 Å². The highest BCUT2D eigenvalue weighted by Crippen LogP contribution is 2.26. The Hall–Kier alpha value is -0.710. The van der Waals surface area contributed by atoms with E-state index in [1.807, 2.05) is 0 Å². The van der Waals surface area contributed by atoms with E-state index >= 15 is 0 Å². The van der Waals surface area contributed by atoms with Gasteiger partial charge < -0.3 is 10.0 Å². The maximum Gasteiger partial charge on any atom is 0.349 e. The van der Waals surface area contributed by atoms with Gasteiger partial charge in [0.05, 0.1) is 0 Å². The van der Waals surface area contributed by atoms with E-state index in [1.54, 1.807) is 0 Å². The molecule has 0 fully saturated rings. The summed E-state index contributed by atoms with van der Waals surface area (Å²) in [5.41, 5.74) is 0. The Morgan fingerprint density at radius 2 is 1.10 bits per heavy atom. The van der Waals surface area contributed by atoms with E-state index in [2.05, 4.69) is 20.8 Å². The average Bonchev–Trinajstić information content (AvgIpc) is 2.71. The normalized spacial score (nSPS) is 12.9. The van der Waals surface area contributed by atoms with E-state index in [1.165, 1.54) is 4.90 Å². The van der Waals surface area contributed by atoms with Crippen molar-refractivity contribution in [1.29, 1.82) is 0 Å². The number of unbranched alkanes of at least 4 members (excludes halogenated alkanes) is 12. The number of carbonyl (C=O) groups excluding carboxylic acids is 1. The quantitative estimate of drug-likeness (QED) is 0.214. The van der Waals surface area contributed by atoms with Crippen molar-refractivity contribution in [2.24, 2.45) is 0 Å². The molecular formula is C24H47F2NO2. The number of nitrogens with zero attached hydrogens (tertiary/aromatic N) is 1. The van der Waals surface area contributed by atoms with Crippen LogP contribution in [0.5, 0.6) is 0 Å². The molecule has 0 bridgehead atoms. The zero-order valence-corrected chi connectivity index (χ0v) is 19.4. The van der Waals surface area contributed by atoms with Gasteiger partial charge in [-0.2, -0.15) is 8.78 Å². The van der Waals surface area contributed by atoms with Gasteiger partial charge in [0.1, 0.15) is 6.10 Å². The Morgan fingerprint density at radius 3 is 1.52 bits per heavy atom. The smallest absolute Gasteiger partial charge is 0.349 e. The van der Waals surface area contributed by atoms with E-state index in [-0.39, 0.29) is 6.42 Å². The van der Waals surface area contributed by atoms with Crippen molar-refractivity contribution < 1.29 is 18.7 Å². The van der Waals surface area contributed by atoms with E-state index < -0.39 is 17.9 Å². The molecule has 3 nitrogen and oxygen atoms in total. The van der Waals surface area contributed by atoms with E-state index in [9.17, 15) is 18.7 Å². The van der Waals surface area contributed by atoms with Crippen LogP contribution in [0.25, 0.3) is 0 Å². The third-order valence-corrected chi connectivity index (χ3v) is 5.64. The van der Waals surface area contributed by atoms with Crippen LogP contribution in [0, 0.1) is 0 Å². The van der Waals surface area contributed by atoms with Crippen molar-refractivity contribution in [1.82, 2.24) is 4.90 Å². The van der Waals surface area contributed by atoms with Crippen molar-refractivity contribution in [3.05, 3.63) is 0 Å². The summed E-state index contributed by atoms with van der Waals surface area (Å²) in [5, 5.41) is 10.0. The maximum atomic E-state index is 14.7. The van der Waals surface area contributed by atoms with Gasteiger partial charge in [-0.1, -0.05) is 104 Å². The zero-order valence-electron chi connectivity index (χ0n) is 19.4. The van der Waals surface area contributed by atoms with Gasteiger partial charge >= 0.3 is 5.92 Å². The predicted octanol–water partition coefficient (Wildman–Crippen LogP) is 7.11. The number of halogens is 2. The maximum absolute atomic E-state index is 14.7. The lowest BCUT2D eigenvalue weighted by Gasteiger charge is -2.30. The fraction of sp³-hybridized carbons (Fsp3) is 0.958. The molecule has 29 heavy (non-hydrogen) atoms. The number of hydrogen-bond donors (Lipinski definition) is 1. The number of hydrogen-bond acceptors (Lipinski definition) is 2. The predicted molar refractivity (Wildman–Crippen MR) is 118 cm³/mol. The number of rotatable bonds is 20. The van der Waals surface area contributed by atoms with E-state index in [0.717, 1.165) is 89.9 Å². The summed E-state index contributed by atoms with van der Waals surface area (Å²) in [6.07, 6.45) is 12.7. The van der Waals surface area contributed by atoms with E-state index in [4.69, 9.17) is 0 Å². The molecule has 0 aliphatic heterocycles. The average molecular weight is 420 g/mol. The second kappa shape index (κ2) is 18.1. The number of alkyl halides is 2. The van der Waals surface area contributed by atoms with Crippen LogP contribution in [-0.4, -0.2) is 41.0 Å². The fourth-order valence-corrected chi connectivity index (χ4v) is 3.60. The minimum absolute atomic E-state index is 0.0106. The molecule has 1 unspecified atom stereocenters. The number of aliphatic hydroxyl groups is 1. The van der Waals surface area contributed by atoms with Crippen LogP contribution < -0.4 is 0 Å². The summed E-state index contributed by atoms with van der Waals surface area (Å²) in [6.45, 7) is 7.11. The van der Waals surface area contributed by atoms with Gasteiger partial charge in [-0.25, -0.2) is 0 Å². The summed E-state index contributed by atoms with van der Waals surface area (Å²) < 4.78 is 29.3. The fourth-order valence-electron chi connectivity index (χ4n) is 3.60. The van der Waals surface area contributed by atoms with Gasteiger partial charge in [-0.05, 0) is 19.3 Å². The summed E-state index contributed by atoms with van der Waals surface area (Å²) in [4.78, 5) is 13.9. The third kappa shape index (κ3) is 13.3. The summed E-state index contributed by atoms with van der Waals surface area (Å²) >= 11 is 0. The van der Waals surface area contributed by atoms with Gasteiger partial charge in [-0.15, -0.1) is 0 Å². The largest absolute Gasteiger partial charge is 0.386 e. The van der Waals surface area contributed by atoms with Gasteiger partial charge in [0.15, 0.2) is 0 Å². The second-order valence-electron chi connectivity index (χ2n) is 8.46. The molecule has 5 heteroatoms. The number of aliphatic hydroxyl groups excluding tert-OH is 1. The standard InChI is InChI=1S/C24H47F2NO2/c1-4-7-10-13-16-19-22(28)24(25,26)23(29)27(20-17-14-11-8-5-2)21-18-15-12-9-6-3/h22,28H,4-21H2,1-3H3. The Bertz CT molecular complexity index is 377. The highest BCUT2D eigenvalue weighted by molar-refractivity contribution is 5.84. The molecule has 0 aromatic heterocycles.